The van der Waals surface area contributed by atoms with E-state index in [0.29, 0.717) is 17.3 Å². The van der Waals surface area contributed by atoms with Gasteiger partial charge in [-0.2, -0.15) is 0 Å². The normalized spacial score (nSPS) is 46.8. The van der Waals surface area contributed by atoms with Crippen LogP contribution in [0.3, 0.4) is 0 Å². The molecule has 1 heterocycles. The van der Waals surface area contributed by atoms with Gasteiger partial charge in [0.25, 0.3) is 0 Å². The third-order valence-corrected chi connectivity index (χ3v) is 10.8. The number of esters is 3. The van der Waals surface area contributed by atoms with E-state index in [-0.39, 0.29) is 23.9 Å². The van der Waals surface area contributed by atoms with Gasteiger partial charge in [-0.25, -0.2) is 0 Å². The summed E-state index contributed by atoms with van der Waals surface area (Å²) in [7, 11) is 0. The van der Waals surface area contributed by atoms with E-state index in [1.165, 1.54) is 38.7 Å². The summed E-state index contributed by atoms with van der Waals surface area (Å²) in [5.41, 5.74) is 1.11. The molecule has 1 aliphatic heterocycles. The average Bonchev–Trinajstić information content (AvgIpc) is 3.04. The molecule has 0 aromatic heterocycles. The molecule has 5 rings (SSSR count). The molecule has 4 aliphatic carbocycles. The van der Waals surface area contributed by atoms with Crippen LogP contribution >= 0.6 is 0 Å². The minimum Gasteiger partial charge on any atom is -0.456 e. The topological polar surface area (TPSA) is 108 Å². The van der Waals surface area contributed by atoms with E-state index in [0.717, 1.165) is 38.5 Å². The molecule has 8 nitrogen and oxygen atoms in total. The molecule has 1 N–H and O–H groups in total. The highest BCUT2D eigenvalue weighted by Gasteiger charge is 2.65. The van der Waals surface area contributed by atoms with Crippen LogP contribution in [0.15, 0.2) is 12.2 Å². The SMILES string of the molecule is C=C1C[C@@]23CC[C@@H]4[C@@](C)(CCC[C@]4(C)C(=O)O[C@@H]4OC[C@@H](OC(C)=O)[C@H](OC(C)=O)[C@H]4O)[C@H]2CC[C@@H]1C3. The fourth-order valence-corrected chi connectivity index (χ4v) is 9.35. The highest BCUT2D eigenvalue weighted by atomic mass is 16.7. The van der Waals surface area contributed by atoms with Crippen molar-refractivity contribution in [2.45, 2.75) is 110 Å². The molecule has 1 saturated heterocycles. The zero-order chi connectivity index (χ0) is 26.8. The lowest BCUT2D eigenvalue weighted by molar-refractivity contribution is -0.276. The predicted octanol–water partition coefficient (Wildman–Crippen LogP) is 4.08. The maximum atomic E-state index is 13.9. The van der Waals surface area contributed by atoms with Crippen molar-refractivity contribution < 1.29 is 38.4 Å². The van der Waals surface area contributed by atoms with Crippen molar-refractivity contribution in [3.05, 3.63) is 12.2 Å². The van der Waals surface area contributed by atoms with E-state index in [4.69, 9.17) is 18.9 Å². The number of fused-ring (bicyclic) bond motifs is 3. The number of hydrogen-bond donors (Lipinski definition) is 1. The van der Waals surface area contributed by atoms with Crippen LogP contribution in [0.4, 0.5) is 0 Å². The first-order valence-electron chi connectivity index (χ1n) is 13.9. The average molecular weight is 519 g/mol. The highest BCUT2D eigenvalue weighted by Crippen LogP contribution is 2.72. The molecule has 0 radical (unpaired) electrons. The first-order chi connectivity index (χ1) is 17.4. The van der Waals surface area contributed by atoms with Gasteiger partial charge in [0.1, 0.15) is 0 Å². The molecule has 1 spiro atoms. The second kappa shape index (κ2) is 9.37. The van der Waals surface area contributed by atoms with Crippen LogP contribution in [0.5, 0.6) is 0 Å². The standard InChI is InChI=1S/C29H42O8/c1-16-13-29-12-9-21-27(4,22(29)8-7-19(16)14-29)10-6-11-28(21,5)26(33)37-25-23(32)24(36-18(3)31)20(15-34-25)35-17(2)30/h19-25,32H,1,6-15H2,2-5H3/t19-,20-,21-,22-,23-,24+,25+,27-,28+,29-/m1/s1. The smallest absolute Gasteiger partial charge is 0.314 e. The molecule has 0 unspecified atom stereocenters. The molecular weight excluding hydrogens is 476 g/mol. The van der Waals surface area contributed by atoms with Gasteiger partial charge in [0.05, 0.1) is 12.0 Å². The summed E-state index contributed by atoms with van der Waals surface area (Å²) in [4.78, 5) is 37.0. The molecule has 10 atom stereocenters. The van der Waals surface area contributed by atoms with Crippen LogP contribution in [-0.4, -0.2) is 54.2 Å². The lowest BCUT2D eigenvalue weighted by Gasteiger charge is -2.63. The summed E-state index contributed by atoms with van der Waals surface area (Å²) >= 11 is 0. The molecule has 5 fully saturated rings. The summed E-state index contributed by atoms with van der Waals surface area (Å²) in [5.74, 6) is -0.166. The minimum atomic E-state index is -1.47. The third-order valence-electron chi connectivity index (χ3n) is 10.8. The highest BCUT2D eigenvalue weighted by molar-refractivity contribution is 5.77. The van der Waals surface area contributed by atoms with E-state index in [2.05, 4.69) is 13.5 Å². The Kier molecular flexibility index (Phi) is 6.75. The maximum absolute atomic E-state index is 13.9. The Morgan fingerprint density at radius 2 is 1.70 bits per heavy atom. The van der Waals surface area contributed by atoms with Crippen molar-refractivity contribution in [2.75, 3.05) is 6.61 Å². The molecule has 0 amide bonds. The number of rotatable bonds is 4. The van der Waals surface area contributed by atoms with E-state index < -0.39 is 42.0 Å². The summed E-state index contributed by atoms with van der Waals surface area (Å²) < 4.78 is 21.9. The number of hydrogen-bond acceptors (Lipinski definition) is 8. The van der Waals surface area contributed by atoms with Crippen molar-refractivity contribution in [2.24, 2.45) is 34.0 Å². The van der Waals surface area contributed by atoms with Gasteiger partial charge in [-0.05, 0) is 86.9 Å². The van der Waals surface area contributed by atoms with E-state index in [1.54, 1.807) is 0 Å². The Morgan fingerprint density at radius 1 is 0.973 bits per heavy atom. The first kappa shape index (κ1) is 26.7. The van der Waals surface area contributed by atoms with Crippen LogP contribution in [0.25, 0.3) is 0 Å². The fourth-order valence-electron chi connectivity index (χ4n) is 9.35. The molecule has 37 heavy (non-hydrogen) atoms. The van der Waals surface area contributed by atoms with Crippen LogP contribution < -0.4 is 0 Å². The molecule has 2 bridgehead atoms. The second-order valence-electron chi connectivity index (χ2n) is 12.9. The molecule has 0 aromatic carbocycles. The minimum absolute atomic E-state index is 0.0482. The van der Waals surface area contributed by atoms with Gasteiger partial charge in [-0.3, -0.25) is 14.4 Å². The summed E-state index contributed by atoms with van der Waals surface area (Å²) in [6, 6.07) is 0. The van der Waals surface area contributed by atoms with Gasteiger partial charge < -0.3 is 24.1 Å². The zero-order valence-electron chi connectivity index (χ0n) is 22.6. The van der Waals surface area contributed by atoms with E-state index >= 15 is 0 Å². The molecular formula is C29H42O8. The van der Waals surface area contributed by atoms with Gasteiger partial charge in [0, 0.05) is 13.8 Å². The molecule has 8 heteroatoms. The molecule has 206 valence electrons. The monoisotopic (exact) mass is 518 g/mol. The lowest BCUT2D eigenvalue weighted by atomic mass is 9.41. The van der Waals surface area contributed by atoms with Crippen LogP contribution in [-0.2, 0) is 33.3 Å². The Hall–Kier alpha value is -1.93. The van der Waals surface area contributed by atoms with Gasteiger partial charge in [-0.15, -0.1) is 0 Å². The number of allylic oxidation sites excluding steroid dienone is 1. The Balaban J connectivity index is 1.34. The van der Waals surface area contributed by atoms with Crippen molar-refractivity contribution in [3.8, 4) is 0 Å². The number of aliphatic hydroxyl groups excluding tert-OH is 1. The Morgan fingerprint density at radius 3 is 2.41 bits per heavy atom. The van der Waals surface area contributed by atoms with Crippen molar-refractivity contribution in [1.29, 1.82) is 0 Å². The Bertz CT molecular complexity index is 977. The van der Waals surface area contributed by atoms with Gasteiger partial charge in [-0.1, -0.05) is 25.5 Å². The summed E-state index contributed by atoms with van der Waals surface area (Å²) in [6.45, 7) is 11.1. The third kappa shape index (κ3) is 4.32. The van der Waals surface area contributed by atoms with E-state index in [1.807, 2.05) is 6.92 Å². The number of carbonyl (C=O) groups is 3. The number of ether oxygens (including phenoxy) is 4. The van der Waals surface area contributed by atoms with Crippen LogP contribution in [0.1, 0.15) is 85.5 Å². The molecule has 4 saturated carbocycles. The lowest BCUT2D eigenvalue weighted by Crippen LogP contribution is -2.60. The molecule has 5 aliphatic rings. The van der Waals surface area contributed by atoms with Crippen molar-refractivity contribution in [3.63, 3.8) is 0 Å². The first-order valence-corrected chi connectivity index (χ1v) is 13.9. The molecule has 0 aromatic rings. The summed E-state index contributed by atoms with van der Waals surface area (Å²) in [6.07, 6.45) is 4.75. The van der Waals surface area contributed by atoms with Gasteiger partial charge >= 0.3 is 17.9 Å². The largest absolute Gasteiger partial charge is 0.456 e. The van der Waals surface area contributed by atoms with Crippen LogP contribution in [0.2, 0.25) is 0 Å². The quantitative estimate of drug-likeness (QED) is 0.337. The number of aliphatic hydroxyl groups is 1. The van der Waals surface area contributed by atoms with Gasteiger partial charge in [0.2, 0.25) is 6.29 Å². The van der Waals surface area contributed by atoms with Gasteiger partial charge in [0.15, 0.2) is 18.3 Å². The summed E-state index contributed by atoms with van der Waals surface area (Å²) in [5, 5.41) is 10.9. The predicted molar refractivity (Wildman–Crippen MR) is 133 cm³/mol. The van der Waals surface area contributed by atoms with Crippen LogP contribution in [0, 0.1) is 34.0 Å². The van der Waals surface area contributed by atoms with Crippen molar-refractivity contribution in [1.82, 2.24) is 0 Å². The van der Waals surface area contributed by atoms with Crippen molar-refractivity contribution >= 4 is 17.9 Å². The Labute approximate surface area is 219 Å². The second-order valence-corrected chi connectivity index (χ2v) is 12.9. The number of carbonyl (C=O) groups excluding carboxylic acids is 3. The fraction of sp³-hybridized carbons (Fsp3) is 0.828. The van der Waals surface area contributed by atoms with E-state index in [9.17, 15) is 19.5 Å². The maximum Gasteiger partial charge on any atom is 0.314 e. The zero-order valence-corrected chi connectivity index (χ0v) is 22.6.